The van der Waals surface area contributed by atoms with Crippen LogP contribution in [0.4, 0.5) is 5.69 Å². The minimum Gasteiger partial charge on any atom is -0.485 e. The Balaban J connectivity index is 0.00000121. The monoisotopic (exact) mass is 234 g/mol. The van der Waals surface area contributed by atoms with Gasteiger partial charge >= 0.3 is 0 Å². The third-order valence-corrected chi connectivity index (χ3v) is 1.62. The maximum absolute atomic E-state index is 5.18. The molecule has 1 nitrogen and oxygen atoms in total. The Morgan fingerprint density at radius 1 is 1.50 bits per heavy atom. The molecule has 0 fully saturated rings. The summed E-state index contributed by atoms with van der Waals surface area (Å²) in [5.74, 6) is 0.453. The minimum atomic E-state index is 0. The Labute approximate surface area is 99.2 Å². The normalized spacial score (nSPS) is 9.25. The number of benzene rings is 1. The smallest absolute Gasteiger partial charge is 0 e. The van der Waals surface area contributed by atoms with Crippen LogP contribution < -0.4 is 0 Å². The van der Waals surface area contributed by atoms with E-state index in [0.29, 0.717) is 5.92 Å². The van der Waals surface area contributed by atoms with Gasteiger partial charge in [-0.3, -0.25) is 6.07 Å². The Bertz CT molecular complexity index is 256. The molecule has 0 atom stereocenters. The fourth-order valence-corrected chi connectivity index (χ4v) is 1.02. The fraction of sp³-hybridized carbons (Fsp3) is 0.300. The van der Waals surface area contributed by atoms with Crippen molar-refractivity contribution in [3.8, 4) is 0 Å². The zero-order chi connectivity index (χ0) is 8.27. The summed E-state index contributed by atoms with van der Waals surface area (Å²) in [6.07, 6.45) is 0. The van der Waals surface area contributed by atoms with Crippen LogP contribution in [0.3, 0.4) is 0 Å². The standard InChI is InChI=1S/C10H11N.Y/c1-8(2)9-6-4-5-7-10(9)11-3;/h3-6,8H,1-2H3;/q-2;. The Hall–Kier alpha value is -0.00610. The second kappa shape index (κ2) is 5.61. The summed E-state index contributed by atoms with van der Waals surface area (Å²) in [7, 11) is 0. The molecule has 0 unspecified atom stereocenters. The Morgan fingerprint density at radius 3 is 2.58 bits per heavy atom. The summed E-state index contributed by atoms with van der Waals surface area (Å²) < 4.78 is 0. The molecule has 0 saturated heterocycles. The van der Waals surface area contributed by atoms with E-state index in [2.05, 4.69) is 24.9 Å². The molecule has 0 aromatic heterocycles. The Morgan fingerprint density at radius 2 is 2.17 bits per heavy atom. The van der Waals surface area contributed by atoms with Gasteiger partial charge in [0, 0.05) is 32.7 Å². The van der Waals surface area contributed by atoms with Crippen molar-refractivity contribution in [2.24, 2.45) is 4.99 Å². The summed E-state index contributed by atoms with van der Waals surface area (Å²) >= 11 is 0. The van der Waals surface area contributed by atoms with E-state index in [0.717, 1.165) is 11.3 Å². The zero-order valence-electron chi connectivity index (χ0n) is 7.41. The van der Waals surface area contributed by atoms with Crippen LogP contribution in [0.25, 0.3) is 0 Å². The predicted octanol–water partition coefficient (Wildman–Crippen LogP) is 2.82. The number of rotatable bonds is 2. The molecule has 1 aromatic rings. The number of hydrogen-bond acceptors (Lipinski definition) is 1. The predicted molar refractivity (Wildman–Crippen MR) is 47.5 cm³/mol. The summed E-state index contributed by atoms with van der Waals surface area (Å²) in [4.78, 5) is 3.64. The van der Waals surface area contributed by atoms with Gasteiger partial charge in [-0.25, -0.2) is 11.3 Å². The quantitative estimate of drug-likeness (QED) is 0.551. The second-order valence-electron chi connectivity index (χ2n) is 2.76. The van der Waals surface area contributed by atoms with E-state index in [9.17, 15) is 0 Å². The summed E-state index contributed by atoms with van der Waals surface area (Å²) in [5.41, 5.74) is 1.91. The fourth-order valence-electron chi connectivity index (χ4n) is 1.02. The topological polar surface area (TPSA) is 12.4 Å². The van der Waals surface area contributed by atoms with Crippen LogP contribution in [0.15, 0.2) is 23.2 Å². The van der Waals surface area contributed by atoms with Gasteiger partial charge in [-0.1, -0.05) is 19.8 Å². The molecule has 12 heavy (non-hydrogen) atoms. The average molecular weight is 234 g/mol. The molecule has 0 spiro atoms. The van der Waals surface area contributed by atoms with E-state index in [1.165, 1.54) is 0 Å². The second-order valence-corrected chi connectivity index (χ2v) is 2.76. The van der Waals surface area contributed by atoms with Crippen LogP contribution in [0.2, 0.25) is 0 Å². The van der Waals surface area contributed by atoms with Gasteiger partial charge in [0.15, 0.2) is 0 Å². The van der Waals surface area contributed by atoms with Crippen molar-refractivity contribution in [2.75, 3.05) is 0 Å². The molecular weight excluding hydrogens is 223 g/mol. The van der Waals surface area contributed by atoms with Gasteiger partial charge < -0.3 is 4.99 Å². The van der Waals surface area contributed by atoms with E-state index in [1.807, 2.05) is 18.2 Å². The number of nitrogens with zero attached hydrogens (tertiary/aromatic N) is 1. The van der Waals surface area contributed by atoms with Crippen molar-refractivity contribution in [1.29, 1.82) is 0 Å². The molecule has 61 valence electrons. The van der Waals surface area contributed by atoms with Crippen molar-refractivity contribution in [3.63, 3.8) is 0 Å². The van der Waals surface area contributed by atoms with Gasteiger partial charge in [-0.05, 0) is 0 Å². The molecule has 0 aliphatic heterocycles. The van der Waals surface area contributed by atoms with Crippen molar-refractivity contribution < 1.29 is 32.7 Å². The average Bonchev–Trinajstić information content (AvgIpc) is 2.04. The molecule has 1 rings (SSSR count). The van der Waals surface area contributed by atoms with E-state index >= 15 is 0 Å². The van der Waals surface area contributed by atoms with Crippen molar-refractivity contribution in [1.82, 2.24) is 0 Å². The van der Waals surface area contributed by atoms with Crippen LogP contribution in [-0.2, 0) is 32.7 Å². The SMILES string of the molecule is [CH-]=Nc1[c-]cccc1C(C)C.[Y]. The number of hydrogen-bond donors (Lipinski definition) is 0. The largest absolute Gasteiger partial charge is 0.485 e. The molecule has 0 aliphatic rings. The molecule has 0 aliphatic carbocycles. The number of aliphatic imine (C=N–C) groups is 1. The van der Waals surface area contributed by atoms with Crippen molar-refractivity contribution >= 4 is 12.4 Å². The first-order chi connectivity index (χ1) is 5.25. The van der Waals surface area contributed by atoms with E-state index in [4.69, 9.17) is 6.72 Å². The molecule has 0 saturated carbocycles. The maximum atomic E-state index is 5.18. The molecule has 0 bridgehead atoms. The third-order valence-electron chi connectivity index (χ3n) is 1.62. The van der Waals surface area contributed by atoms with Gasteiger partial charge in [0.2, 0.25) is 0 Å². The van der Waals surface area contributed by atoms with E-state index in [1.54, 1.807) is 0 Å². The summed E-state index contributed by atoms with van der Waals surface area (Å²) in [6, 6.07) is 8.76. The summed E-state index contributed by atoms with van der Waals surface area (Å²) in [5, 5.41) is 0. The maximum Gasteiger partial charge on any atom is 0 e. The summed E-state index contributed by atoms with van der Waals surface area (Å²) in [6.45, 7) is 9.40. The minimum absolute atomic E-state index is 0. The molecule has 1 radical (unpaired) electrons. The molecule has 2 heteroatoms. The molecule has 0 N–H and O–H groups in total. The van der Waals surface area contributed by atoms with Crippen molar-refractivity contribution in [3.05, 3.63) is 29.8 Å². The van der Waals surface area contributed by atoms with Crippen LogP contribution in [0.1, 0.15) is 25.3 Å². The van der Waals surface area contributed by atoms with Gasteiger partial charge in [0.1, 0.15) is 0 Å². The van der Waals surface area contributed by atoms with E-state index < -0.39 is 0 Å². The number of para-hydroxylation sites is 1. The third kappa shape index (κ3) is 2.80. The van der Waals surface area contributed by atoms with Crippen LogP contribution >= 0.6 is 0 Å². The van der Waals surface area contributed by atoms with Crippen LogP contribution in [0.5, 0.6) is 0 Å². The Kier molecular flexibility index (Phi) is 5.60. The van der Waals surface area contributed by atoms with Gasteiger partial charge in [0.25, 0.3) is 0 Å². The molecule has 0 heterocycles. The molecule has 1 aromatic carbocycles. The molecular formula is C10H11NY-2. The van der Waals surface area contributed by atoms with Gasteiger partial charge in [-0.15, -0.1) is 0 Å². The zero-order valence-corrected chi connectivity index (χ0v) is 10.2. The van der Waals surface area contributed by atoms with Gasteiger partial charge in [-0.2, -0.15) is 24.9 Å². The molecule has 0 amide bonds. The first kappa shape index (κ1) is 12.0. The van der Waals surface area contributed by atoms with Crippen LogP contribution in [0, 0.1) is 6.07 Å². The van der Waals surface area contributed by atoms with E-state index in [-0.39, 0.29) is 32.7 Å². The van der Waals surface area contributed by atoms with Crippen molar-refractivity contribution in [2.45, 2.75) is 19.8 Å². The van der Waals surface area contributed by atoms with Gasteiger partial charge in [0.05, 0.1) is 0 Å². The first-order valence-corrected chi connectivity index (χ1v) is 3.67. The van der Waals surface area contributed by atoms with Crippen LogP contribution in [-0.4, -0.2) is 6.72 Å². The first-order valence-electron chi connectivity index (χ1n) is 3.67.